The lowest BCUT2D eigenvalue weighted by Crippen LogP contribution is -2.31. The molecule has 0 saturated heterocycles. The first-order chi connectivity index (χ1) is 13.2. The number of hydrogen-bond donors (Lipinski definition) is 1. The SMILES string of the molecule is Cc1ccc(C(=O)NCC2CCC(c3nnc(-c4cccs4)o3)CC2)cc1. The highest BCUT2D eigenvalue weighted by Crippen LogP contribution is 2.36. The van der Waals surface area contributed by atoms with Gasteiger partial charge in [-0.1, -0.05) is 23.8 Å². The maximum Gasteiger partial charge on any atom is 0.257 e. The first kappa shape index (κ1) is 17.9. The normalized spacial score (nSPS) is 19.7. The molecule has 0 bridgehead atoms. The Labute approximate surface area is 162 Å². The molecule has 1 fully saturated rings. The first-order valence-electron chi connectivity index (χ1n) is 9.41. The molecule has 1 saturated carbocycles. The second-order valence-electron chi connectivity index (χ2n) is 7.22. The zero-order chi connectivity index (χ0) is 18.6. The van der Waals surface area contributed by atoms with Crippen LogP contribution in [-0.4, -0.2) is 22.6 Å². The van der Waals surface area contributed by atoms with E-state index in [-0.39, 0.29) is 5.91 Å². The average Bonchev–Trinajstić information content (AvgIpc) is 3.39. The molecule has 5 nitrogen and oxygen atoms in total. The van der Waals surface area contributed by atoms with Crippen molar-refractivity contribution in [2.45, 2.75) is 38.5 Å². The summed E-state index contributed by atoms with van der Waals surface area (Å²) in [5, 5.41) is 13.5. The zero-order valence-electron chi connectivity index (χ0n) is 15.4. The van der Waals surface area contributed by atoms with Gasteiger partial charge in [-0.3, -0.25) is 4.79 Å². The van der Waals surface area contributed by atoms with E-state index >= 15 is 0 Å². The minimum absolute atomic E-state index is 0.00890. The minimum atomic E-state index is 0.00890. The maximum atomic E-state index is 12.3. The molecular formula is C21H23N3O2S. The van der Waals surface area contributed by atoms with Crippen LogP contribution in [0.4, 0.5) is 0 Å². The van der Waals surface area contributed by atoms with Crippen molar-refractivity contribution >= 4 is 17.2 Å². The van der Waals surface area contributed by atoms with Crippen molar-refractivity contribution in [2.75, 3.05) is 6.54 Å². The fourth-order valence-electron chi connectivity index (χ4n) is 3.56. The minimum Gasteiger partial charge on any atom is -0.420 e. The zero-order valence-corrected chi connectivity index (χ0v) is 16.2. The molecular weight excluding hydrogens is 358 g/mol. The molecule has 2 aromatic heterocycles. The van der Waals surface area contributed by atoms with Crippen LogP contribution < -0.4 is 5.32 Å². The third kappa shape index (κ3) is 4.27. The van der Waals surface area contributed by atoms with E-state index < -0.39 is 0 Å². The van der Waals surface area contributed by atoms with E-state index in [4.69, 9.17) is 4.42 Å². The number of benzene rings is 1. The van der Waals surface area contributed by atoms with Crippen LogP contribution in [0.2, 0.25) is 0 Å². The number of nitrogens with zero attached hydrogens (tertiary/aromatic N) is 2. The number of aryl methyl sites for hydroxylation is 1. The van der Waals surface area contributed by atoms with E-state index in [1.165, 1.54) is 0 Å². The summed E-state index contributed by atoms with van der Waals surface area (Å²) >= 11 is 1.61. The van der Waals surface area contributed by atoms with Gasteiger partial charge in [0.1, 0.15) is 0 Å². The Morgan fingerprint density at radius 1 is 1.15 bits per heavy atom. The lowest BCUT2D eigenvalue weighted by atomic mass is 9.82. The highest BCUT2D eigenvalue weighted by molar-refractivity contribution is 7.13. The Morgan fingerprint density at radius 2 is 1.93 bits per heavy atom. The molecule has 0 unspecified atom stereocenters. The van der Waals surface area contributed by atoms with Crippen molar-refractivity contribution in [2.24, 2.45) is 5.92 Å². The third-order valence-corrected chi connectivity index (χ3v) is 6.09. The molecule has 1 aliphatic rings. The predicted octanol–water partition coefficient (Wildman–Crippen LogP) is 4.81. The molecule has 0 radical (unpaired) electrons. The fourth-order valence-corrected chi connectivity index (χ4v) is 4.20. The number of aromatic nitrogens is 2. The van der Waals surface area contributed by atoms with E-state index in [9.17, 15) is 4.79 Å². The summed E-state index contributed by atoms with van der Waals surface area (Å²) in [7, 11) is 0. The number of carbonyl (C=O) groups excluding carboxylic acids is 1. The lowest BCUT2D eigenvalue weighted by molar-refractivity contribution is 0.0942. The van der Waals surface area contributed by atoms with Gasteiger partial charge in [0.05, 0.1) is 4.88 Å². The van der Waals surface area contributed by atoms with E-state index in [1.54, 1.807) is 11.3 Å². The Kier molecular flexibility index (Phi) is 5.34. The molecule has 1 amide bonds. The quantitative estimate of drug-likeness (QED) is 0.689. The van der Waals surface area contributed by atoms with Crippen LogP contribution in [0.25, 0.3) is 10.8 Å². The summed E-state index contributed by atoms with van der Waals surface area (Å²) in [6.07, 6.45) is 4.18. The number of thiophene rings is 1. The maximum absolute atomic E-state index is 12.3. The third-order valence-electron chi connectivity index (χ3n) is 5.23. The van der Waals surface area contributed by atoms with Crippen molar-refractivity contribution < 1.29 is 9.21 Å². The largest absolute Gasteiger partial charge is 0.420 e. The van der Waals surface area contributed by atoms with Gasteiger partial charge in [-0.2, -0.15) is 0 Å². The molecule has 27 heavy (non-hydrogen) atoms. The van der Waals surface area contributed by atoms with Crippen molar-refractivity contribution in [3.05, 3.63) is 58.8 Å². The molecule has 1 N–H and O–H groups in total. The fraction of sp³-hybridized carbons (Fsp3) is 0.381. The number of carbonyl (C=O) groups is 1. The number of amides is 1. The van der Waals surface area contributed by atoms with Crippen molar-refractivity contribution in [1.29, 1.82) is 0 Å². The first-order valence-corrected chi connectivity index (χ1v) is 10.3. The monoisotopic (exact) mass is 381 g/mol. The van der Waals surface area contributed by atoms with Gasteiger partial charge in [0.2, 0.25) is 5.89 Å². The molecule has 0 atom stereocenters. The molecule has 4 rings (SSSR count). The molecule has 6 heteroatoms. The van der Waals surface area contributed by atoms with Crippen molar-refractivity contribution in [1.82, 2.24) is 15.5 Å². The molecule has 3 aromatic rings. The summed E-state index contributed by atoms with van der Waals surface area (Å²) in [5.74, 6) is 2.22. The second kappa shape index (κ2) is 8.05. The van der Waals surface area contributed by atoms with Gasteiger partial charge in [0.15, 0.2) is 0 Å². The topological polar surface area (TPSA) is 68.0 Å². The summed E-state index contributed by atoms with van der Waals surface area (Å²) in [4.78, 5) is 13.3. The molecule has 2 heterocycles. The van der Waals surface area contributed by atoms with Gasteiger partial charge in [-0.05, 0) is 62.1 Å². The van der Waals surface area contributed by atoms with Gasteiger partial charge < -0.3 is 9.73 Å². The smallest absolute Gasteiger partial charge is 0.257 e. The van der Waals surface area contributed by atoms with Crippen LogP contribution in [0, 0.1) is 12.8 Å². The summed E-state index contributed by atoms with van der Waals surface area (Å²) in [6, 6.07) is 11.7. The molecule has 140 valence electrons. The number of nitrogens with one attached hydrogen (secondary N) is 1. The Bertz CT molecular complexity index is 879. The second-order valence-corrected chi connectivity index (χ2v) is 8.16. The van der Waals surface area contributed by atoms with Crippen LogP contribution in [0.5, 0.6) is 0 Å². The van der Waals surface area contributed by atoms with Crippen molar-refractivity contribution in [3.63, 3.8) is 0 Å². The highest BCUT2D eigenvalue weighted by atomic mass is 32.1. The standard InChI is InChI=1S/C21H23N3O2S/c1-14-4-8-16(9-5-14)19(25)22-13-15-6-10-17(11-7-15)20-23-24-21(26-20)18-3-2-12-27-18/h2-5,8-9,12,15,17H,6-7,10-11,13H2,1H3,(H,22,25). The van der Waals surface area contributed by atoms with Gasteiger partial charge in [-0.15, -0.1) is 21.5 Å². The van der Waals surface area contributed by atoms with Gasteiger partial charge in [-0.25, -0.2) is 0 Å². The van der Waals surface area contributed by atoms with E-state index in [0.717, 1.165) is 54.1 Å². The van der Waals surface area contributed by atoms with E-state index in [1.807, 2.05) is 48.7 Å². The Balaban J connectivity index is 1.26. The molecule has 0 aliphatic heterocycles. The van der Waals surface area contributed by atoms with Crippen molar-refractivity contribution in [3.8, 4) is 10.8 Å². The van der Waals surface area contributed by atoms with E-state index in [0.29, 0.717) is 17.7 Å². The summed E-state index contributed by atoms with van der Waals surface area (Å²) in [6.45, 7) is 2.75. The molecule has 0 spiro atoms. The molecule has 1 aromatic carbocycles. The number of rotatable bonds is 5. The van der Waals surface area contributed by atoms with Gasteiger partial charge >= 0.3 is 0 Å². The predicted molar refractivity (Wildman–Crippen MR) is 106 cm³/mol. The Hall–Kier alpha value is -2.47. The Morgan fingerprint density at radius 3 is 2.63 bits per heavy atom. The van der Waals surface area contributed by atoms with Crippen LogP contribution in [0.15, 0.2) is 46.2 Å². The lowest BCUT2D eigenvalue weighted by Gasteiger charge is -2.26. The highest BCUT2D eigenvalue weighted by Gasteiger charge is 2.27. The van der Waals surface area contributed by atoms with Crippen LogP contribution in [-0.2, 0) is 0 Å². The average molecular weight is 382 g/mol. The number of hydrogen-bond acceptors (Lipinski definition) is 5. The van der Waals surface area contributed by atoms with Crippen LogP contribution in [0.1, 0.15) is 53.4 Å². The van der Waals surface area contributed by atoms with Crippen LogP contribution in [0.3, 0.4) is 0 Å². The van der Waals surface area contributed by atoms with Gasteiger partial charge in [0.25, 0.3) is 11.8 Å². The van der Waals surface area contributed by atoms with Gasteiger partial charge in [0, 0.05) is 18.0 Å². The molecule has 1 aliphatic carbocycles. The summed E-state index contributed by atoms with van der Waals surface area (Å²) in [5.41, 5.74) is 1.88. The van der Waals surface area contributed by atoms with Crippen LogP contribution >= 0.6 is 11.3 Å². The summed E-state index contributed by atoms with van der Waals surface area (Å²) < 4.78 is 5.89. The van der Waals surface area contributed by atoms with E-state index in [2.05, 4.69) is 15.5 Å².